The van der Waals surface area contributed by atoms with E-state index in [0.29, 0.717) is 24.9 Å². The Kier molecular flexibility index (Phi) is 4.90. The maximum absolute atomic E-state index is 11.5. The summed E-state index contributed by atoms with van der Waals surface area (Å²) in [5, 5.41) is 0. The molecule has 1 heterocycles. The van der Waals surface area contributed by atoms with Gasteiger partial charge in [0.2, 0.25) is 5.91 Å². The average molecular weight is 200 g/mol. The molecule has 0 radical (unpaired) electrons. The molecule has 0 saturated carbocycles. The summed E-state index contributed by atoms with van der Waals surface area (Å²) in [6.45, 7) is 4.39. The molecule has 82 valence electrons. The summed E-state index contributed by atoms with van der Waals surface area (Å²) < 4.78 is 0. The van der Waals surface area contributed by atoms with E-state index in [1.807, 2.05) is 11.8 Å². The quantitative estimate of drug-likeness (QED) is 0.686. The highest BCUT2D eigenvalue weighted by molar-refractivity contribution is 5.76. The van der Waals surface area contributed by atoms with E-state index in [9.17, 15) is 4.79 Å². The molecule has 0 aliphatic carbocycles. The predicted molar refractivity (Wildman–Crippen MR) is 54.4 cm³/mol. The van der Waals surface area contributed by atoms with Crippen LogP contribution in [0.5, 0.6) is 0 Å². The highest BCUT2D eigenvalue weighted by atomic mass is 16.6. The molecular weight excluding hydrogens is 180 g/mol. The third kappa shape index (κ3) is 3.27. The van der Waals surface area contributed by atoms with Crippen molar-refractivity contribution in [3.05, 3.63) is 0 Å². The SMILES string of the molecule is CCCC(=O)N1CCC(CON)CC1. The first-order valence-corrected chi connectivity index (χ1v) is 5.37. The van der Waals surface area contributed by atoms with Crippen LogP contribution in [0.1, 0.15) is 32.6 Å². The van der Waals surface area contributed by atoms with Crippen molar-refractivity contribution >= 4 is 5.91 Å². The van der Waals surface area contributed by atoms with Crippen molar-refractivity contribution in [2.75, 3.05) is 19.7 Å². The Hall–Kier alpha value is -0.610. The topological polar surface area (TPSA) is 55.6 Å². The molecule has 1 fully saturated rings. The lowest BCUT2D eigenvalue weighted by molar-refractivity contribution is -0.132. The lowest BCUT2D eigenvalue weighted by Gasteiger charge is -2.31. The summed E-state index contributed by atoms with van der Waals surface area (Å²) >= 11 is 0. The number of carbonyl (C=O) groups excluding carboxylic acids is 1. The normalized spacial score (nSPS) is 18.6. The van der Waals surface area contributed by atoms with Crippen LogP contribution >= 0.6 is 0 Å². The standard InChI is InChI=1S/C10H20N2O2/c1-2-3-10(13)12-6-4-9(5-7-12)8-14-11/h9H,2-8,11H2,1H3. The first-order chi connectivity index (χ1) is 6.77. The molecule has 0 bridgehead atoms. The van der Waals surface area contributed by atoms with Gasteiger partial charge in [-0.25, -0.2) is 5.90 Å². The summed E-state index contributed by atoms with van der Waals surface area (Å²) in [7, 11) is 0. The zero-order valence-corrected chi connectivity index (χ0v) is 8.87. The van der Waals surface area contributed by atoms with Crippen molar-refractivity contribution in [2.24, 2.45) is 11.8 Å². The Bertz CT molecular complexity index is 177. The molecule has 0 unspecified atom stereocenters. The minimum atomic E-state index is 0.291. The zero-order chi connectivity index (χ0) is 10.4. The lowest BCUT2D eigenvalue weighted by atomic mass is 9.97. The van der Waals surface area contributed by atoms with E-state index in [2.05, 4.69) is 4.84 Å². The van der Waals surface area contributed by atoms with E-state index in [0.717, 1.165) is 32.4 Å². The van der Waals surface area contributed by atoms with Crippen molar-refractivity contribution in [3.8, 4) is 0 Å². The third-order valence-corrected chi connectivity index (χ3v) is 2.76. The summed E-state index contributed by atoms with van der Waals surface area (Å²) in [4.78, 5) is 18.1. The Balaban J connectivity index is 2.24. The van der Waals surface area contributed by atoms with Gasteiger partial charge in [0.25, 0.3) is 0 Å². The number of rotatable bonds is 4. The van der Waals surface area contributed by atoms with Crippen LogP contribution in [0.2, 0.25) is 0 Å². The van der Waals surface area contributed by atoms with Crippen LogP contribution in [0.15, 0.2) is 0 Å². The van der Waals surface area contributed by atoms with E-state index in [1.54, 1.807) is 0 Å². The van der Waals surface area contributed by atoms with Gasteiger partial charge < -0.3 is 9.74 Å². The molecule has 2 N–H and O–H groups in total. The number of nitrogens with zero attached hydrogens (tertiary/aromatic N) is 1. The molecule has 0 aromatic carbocycles. The molecule has 1 saturated heterocycles. The Morgan fingerprint density at radius 3 is 2.64 bits per heavy atom. The monoisotopic (exact) mass is 200 g/mol. The van der Waals surface area contributed by atoms with Crippen molar-refractivity contribution in [1.29, 1.82) is 0 Å². The number of amides is 1. The molecular formula is C10H20N2O2. The van der Waals surface area contributed by atoms with Gasteiger partial charge in [-0.2, -0.15) is 0 Å². The second-order valence-electron chi connectivity index (χ2n) is 3.91. The summed E-state index contributed by atoms with van der Waals surface area (Å²) in [6.07, 6.45) is 3.65. The molecule has 4 nitrogen and oxygen atoms in total. The van der Waals surface area contributed by atoms with Crippen LogP contribution in [0.4, 0.5) is 0 Å². The van der Waals surface area contributed by atoms with E-state index < -0.39 is 0 Å². The van der Waals surface area contributed by atoms with Crippen LogP contribution in [-0.2, 0) is 9.63 Å². The van der Waals surface area contributed by atoms with Crippen LogP contribution in [-0.4, -0.2) is 30.5 Å². The van der Waals surface area contributed by atoms with Crippen molar-refractivity contribution in [3.63, 3.8) is 0 Å². The number of nitrogens with two attached hydrogens (primary N) is 1. The van der Waals surface area contributed by atoms with Gasteiger partial charge in [0.1, 0.15) is 0 Å². The third-order valence-electron chi connectivity index (χ3n) is 2.76. The van der Waals surface area contributed by atoms with Crippen LogP contribution in [0.3, 0.4) is 0 Å². The fourth-order valence-corrected chi connectivity index (χ4v) is 1.86. The summed E-state index contributed by atoms with van der Waals surface area (Å²) in [5.41, 5.74) is 0. The number of likely N-dealkylation sites (tertiary alicyclic amines) is 1. The van der Waals surface area contributed by atoms with Crippen molar-refractivity contribution < 1.29 is 9.63 Å². The van der Waals surface area contributed by atoms with Gasteiger partial charge in [-0.3, -0.25) is 4.79 Å². The zero-order valence-electron chi connectivity index (χ0n) is 8.87. The van der Waals surface area contributed by atoms with Gasteiger partial charge in [0.15, 0.2) is 0 Å². The molecule has 1 aliphatic rings. The fourth-order valence-electron chi connectivity index (χ4n) is 1.86. The molecule has 4 heteroatoms. The minimum absolute atomic E-state index is 0.291. The number of hydrogen-bond donors (Lipinski definition) is 1. The van der Waals surface area contributed by atoms with Gasteiger partial charge in [0.05, 0.1) is 6.61 Å². The molecule has 0 atom stereocenters. The maximum atomic E-state index is 11.5. The van der Waals surface area contributed by atoms with E-state index >= 15 is 0 Å². The van der Waals surface area contributed by atoms with Crippen LogP contribution < -0.4 is 5.90 Å². The second kappa shape index (κ2) is 5.98. The molecule has 0 aromatic rings. The van der Waals surface area contributed by atoms with Gasteiger partial charge in [-0.1, -0.05) is 6.92 Å². The predicted octanol–water partition coefficient (Wildman–Crippen LogP) is 0.915. The maximum Gasteiger partial charge on any atom is 0.222 e. The van der Waals surface area contributed by atoms with E-state index in [4.69, 9.17) is 5.90 Å². The highest BCUT2D eigenvalue weighted by Crippen LogP contribution is 2.17. The number of hydrogen-bond acceptors (Lipinski definition) is 3. The molecule has 1 amide bonds. The van der Waals surface area contributed by atoms with Crippen LogP contribution in [0, 0.1) is 5.92 Å². The largest absolute Gasteiger partial charge is 0.343 e. The van der Waals surface area contributed by atoms with E-state index in [-0.39, 0.29) is 0 Å². The molecule has 14 heavy (non-hydrogen) atoms. The Morgan fingerprint density at radius 2 is 2.14 bits per heavy atom. The second-order valence-corrected chi connectivity index (χ2v) is 3.91. The molecule has 0 spiro atoms. The average Bonchev–Trinajstić information content (AvgIpc) is 2.20. The highest BCUT2D eigenvalue weighted by Gasteiger charge is 2.21. The molecule has 0 aromatic heterocycles. The van der Waals surface area contributed by atoms with Crippen molar-refractivity contribution in [1.82, 2.24) is 4.90 Å². The molecule has 1 rings (SSSR count). The minimum Gasteiger partial charge on any atom is -0.343 e. The number of piperidine rings is 1. The number of carbonyl (C=O) groups is 1. The van der Waals surface area contributed by atoms with Gasteiger partial charge >= 0.3 is 0 Å². The Labute approximate surface area is 85.3 Å². The smallest absolute Gasteiger partial charge is 0.222 e. The van der Waals surface area contributed by atoms with Gasteiger partial charge in [0, 0.05) is 19.5 Å². The van der Waals surface area contributed by atoms with Gasteiger partial charge in [-0.05, 0) is 25.2 Å². The summed E-state index contributed by atoms with van der Waals surface area (Å²) in [5.74, 6) is 5.85. The van der Waals surface area contributed by atoms with E-state index in [1.165, 1.54) is 0 Å². The fraction of sp³-hybridized carbons (Fsp3) is 0.900. The first-order valence-electron chi connectivity index (χ1n) is 5.37. The first kappa shape index (κ1) is 11.5. The van der Waals surface area contributed by atoms with Crippen molar-refractivity contribution in [2.45, 2.75) is 32.6 Å². The summed E-state index contributed by atoms with van der Waals surface area (Å²) in [6, 6.07) is 0. The molecule has 1 aliphatic heterocycles. The van der Waals surface area contributed by atoms with Gasteiger partial charge in [-0.15, -0.1) is 0 Å². The lowest BCUT2D eigenvalue weighted by Crippen LogP contribution is -2.39. The Morgan fingerprint density at radius 1 is 1.50 bits per heavy atom. The van der Waals surface area contributed by atoms with Crippen LogP contribution in [0.25, 0.3) is 0 Å².